The molecule has 1 aliphatic rings. The van der Waals surface area contributed by atoms with Crippen LogP contribution >= 0.6 is 0 Å². The van der Waals surface area contributed by atoms with E-state index in [0.29, 0.717) is 5.82 Å². The van der Waals surface area contributed by atoms with E-state index in [1.165, 1.54) is 18.4 Å². The van der Waals surface area contributed by atoms with Crippen molar-refractivity contribution in [3.05, 3.63) is 17.3 Å². The van der Waals surface area contributed by atoms with Gasteiger partial charge in [0.25, 0.3) is 0 Å². The maximum atomic E-state index is 5.51. The summed E-state index contributed by atoms with van der Waals surface area (Å²) in [5.41, 5.74) is 7.95. The van der Waals surface area contributed by atoms with Gasteiger partial charge in [-0.1, -0.05) is 0 Å². The molecule has 0 bridgehead atoms. The van der Waals surface area contributed by atoms with Crippen LogP contribution in [0.3, 0.4) is 0 Å². The zero-order valence-electron chi connectivity index (χ0n) is 6.38. The molecule has 0 saturated heterocycles. The van der Waals surface area contributed by atoms with Crippen molar-refractivity contribution < 1.29 is 0 Å². The van der Waals surface area contributed by atoms with Crippen LogP contribution in [0, 0.1) is 0 Å². The molecule has 1 aromatic heterocycles. The third kappa shape index (κ3) is 1.18. The van der Waals surface area contributed by atoms with Crippen LogP contribution in [0.15, 0.2) is 6.07 Å². The van der Waals surface area contributed by atoms with E-state index >= 15 is 0 Å². The minimum atomic E-state index is 0.547. The highest BCUT2D eigenvalue weighted by atomic mass is 15.1. The first-order chi connectivity index (χ1) is 5.36. The largest absolute Gasteiger partial charge is 0.382 e. The van der Waals surface area contributed by atoms with E-state index in [1.54, 1.807) is 0 Å². The number of hydrogen-bond acceptors (Lipinski definition) is 3. The van der Waals surface area contributed by atoms with Gasteiger partial charge in [-0.2, -0.15) is 5.10 Å². The maximum Gasteiger partial charge on any atom is 0.146 e. The second-order valence-corrected chi connectivity index (χ2v) is 2.95. The normalized spacial score (nSPS) is 16.0. The lowest BCUT2D eigenvalue weighted by atomic mass is 9.97. The van der Waals surface area contributed by atoms with Gasteiger partial charge >= 0.3 is 0 Å². The van der Waals surface area contributed by atoms with Crippen LogP contribution in [0.4, 0.5) is 5.82 Å². The Kier molecular flexibility index (Phi) is 1.49. The van der Waals surface area contributed by atoms with Crippen LogP contribution in [-0.4, -0.2) is 10.2 Å². The molecule has 0 aromatic carbocycles. The SMILES string of the molecule is Nc1cc2c(nn1)CCCC2. The fourth-order valence-corrected chi connectivity index (χ4v) is 1.51. The van der Waals surface area contributed by atoms with E-state index < -0.39 is 0 Å². The van der Waals surface area contributed by atoms with Crippen molar-refractivity contribution in [1.82, 2.24) is 10.2 Å². The summed E-state index contributed by atoms with van der Waals surface area (Å²) in [6.45, 7) is 0. The Morgan fingerprint density at radius 3 is 2.91 bits per heavy atom. The predicted molar refractivity (Wildman–Crippen MR) is 43.1 cm³/mol. The fraction of sp³-hybridized carbons (Fsp3) is 0.500. The molecule has 58 valence electrons. The van der Waals surface area contributed by atoms with Gasteiger partial charge in [0.05, 0.1) is 5.69 Å². The van der Waals surface area contributed by atoms with E-state index in [-0.39, 0.29) is 0 Å². The lowest BCUT2D eigenvalue weighted by Gasteiger charge is -2.12. The number of nitrogens with two attached hydrogens (primary N) is 1. The molecule has 1 aliphatic carbocycles. The highest BCUT2D eigenvalue weighted by Crippen LogP contribution is 2.18. The molecule has 0 atom stereocenters. The first kappa shape index (κ1) is 6.58. The molecule has 0 amide bonds. The van der Waals surface area contributed by atoms with Crippen molar-refractivity contribution in [3.63, 3.8) is 0 Å². The van der Waals surface area contributed by atoms with Crippen molar-refractivity contribution >= 4 is 5.82 Å². The molecule has 0 spiro atoms. The molecule has 11 heavy (non-hydrogen) atoms. The van der Waals surface area contributed by atoms with E-state index in [4.69, 9.17) is 5.73 Å². The third-order valence-corrected chi connectivity index (χ3v) is 2.09. The van der Waals surface area contributed by atoms with Crippen LogP contribution in [0.2, 0.25) is 0 Å². The first-order valence-electron chi connectivity index (χ1n) is 3.97. The monoisotopic (exact) mass is 149 g/mol. The number of hydrogen-bond donors (Lipinski definition) is 1. The molecular weight excluding hydrogens is 138 g/mol. The summed E-state index contributed by atoms with van der Waals surface area (Å²) in [6.07, 6.45) is 4.70. The van der Waals surface area contributed by atoms with E-state index in [1.807, 2.05) is 6.07 Å². The van der Waals surface area contributed by atoms with E-state index in [9.17, 15) is 0 Å². The zero-order valence-corrected chi connectivity index (χ0v) is 6.38. The van der Waals surface area contributed by atoms with E-state index in [0.717, 1.165) is 18.5 Å². The summed E-state index contributed by atoms with van der Waals surface area (Å²) in [7, 11) is 0. The first-order valence-corrected chi connectivity index (χ1v) is 3.97. The van der Waals surface area contributed by atoms with Crippen molar-refractivity contribution in [1.29, 1.82) is 0 Å². The molecule has 0 aliphatic heterocycles. The number of nitrogen functional groups attached to an aromatic ring is 1. The van der Waals surface area contributed by atoms with Crippen LogP contribution in [-0.2, 0) is 12.8 Å². The molecular formula is C8H11N3. The lowest BCUT2D eigenvalue weighted by Crippen LogP contribution is -2.08. The molecule has 1 heterocycles. The summed E-state index contributed by atoms with van der Waals surface area (Å²) in [5, 5.41) is 7.86. The van der Waals surface area contributed by atoms with Crippen molar-refractivity contribution in [2.75, 3.05) is 5.73 Å². The van der Waals surface area contributed by atoms with Crippen LogP contribution in [0.5, 0.6) is 0 Å². The van der Waals surface area contributed by atoms with Gasteiger partial charge in [0.15, 0.2) is 0 Å². The molecule has 0 fully saturated rings. The molecule has 0 unspecified atom stereocenters. The molecule has 1 aromatic rings. The van der Waals surface area contributed by atoms with Gasteiger partial charge in [0.2, 0.25) is 0 Å². The number of nitrogens with zero attached hydrogens (tertiary/aromatic N) is 2. The number of anilines is 1. The van der Waals surface area contributed by atoms with Gasteiger partial charge in [-0.05, 0) is 37.3 Å². The van der Waals surface area contributed by atoms with Crippen molar-refractivity contribution in [3.8, 4) is 0 Å². The molecule has 2 N–H and O–H groups in total. The Morgan fingerprint density at radius 2 is 2.00 bits per heavy atom. The summed E-state index contributed by atoms with van der Waals surface area (Å²) in [4.78, 5) is 0. The van der Waals surface area contributed by atoms with Crippen molar-refractivity contribution in [2.24, 2.45) is 0 Å². The summed E-state index contributed by atoms with van der Waals surface area (Å²) in [6, 6.07) is 1.95. The number of fused-ring (bicyclic) bond motifs is 1. The second-order valence-electron chi connectivity index (χ2n) is 2.95. The smallest absolute Gasteiger partial charge is 0.146 e. The minimum absolute atomic E-state index is 0.547. The molecule has 2 rings (SSSR count). The average Bonchev–Trinajstić information content (AvgIpc) is 2.04. The Labute approximate surface area is 65.6 Å². The van der Waals surface area contributed by atoms with Crippen LogP contribution < -0.4 is 5.73 Å². The highest BCUT2D eigenvalue weighted by molar-refractivity contribution is 5.34. The molecule has 3 nitrogen and oxygen atoms in total. The highest BCUT2D eigenvalue weighted by Gasteiger charge is 2.10. The number of aryl methyl sites for hydroxylation is 2. The lowest BCUT2D eigenvalue weighted by molar-refractivity contribution is 0.656. The van der Waals surface area contributed by atoms with E-state index in [2.05, 4.69) is 10.2 Å². The third-order valence-electron chi connectivity index (χ3n) is 2.09. The maximum absolute atomic E-state index is 5.51. The Hall–Kier alpha value is -1.12. The minimum Gasteiger partial charge on any atom is -0.382 e. The number of rotatable bonds is 0. The summed E-state index contributed by atoms with van der Waals surface area (Å²) >= 11 is 0. The zero-order chi connectivity index (χ0) is 7.68. The Morgan fingerprint density at radius 1 is 1.18 bits per heavy atom. The van der Waals surface area contributed by atoms with Crippen LogP contribution in [0.25, 0.3) is 0 Å². The Bertz CT molecular complexity index is 270. The topological polar surface area (TPSA) is 51.8 Å². The average molecular weight is 149 g/mol. The quantitative estimate of drug-likeness (QED) is 0.597. The van der Waals surface area contributed by atoms with Crippen molar-refractivity contribution in [2.45, 2.75) is 25.7 Å². The fourth-order valence-electron chi connectivity index (χ4n) is 1.51. The van der Waals surface area contributed by atoms with Gasteiger partial charge in [0, 0.05) is 0 Å². The molecule has 0 saturated carbocycles. The van der Waals surface area contributed by atoms with Gasteiger partial charge in [-0.3, -0.25) is 0 Å². The summed E-state index contributed by atoms with van der Waals surface area (Å²) in [5.74, 6) is 0.547. The number of aromatic nitrogens is 2. The predicted octanol–water partition coefficient (Wildman–Crippen LogP) is 0.938. The standard InChI is InChI=1S/C8H11N3/c9-8-5-6-3-1-2-4-7(6)10-11-8/h5H,1-4H2,(H2,9,11). The summed E-state index contributed by atoms with van der Waals surface area (Å²) < 4.78 is 0. The van der Waals surface area contributed by atoms with Gasteiger partial charge in [-0.15, -0.1) is 5.10 Å². The molecule has 3 heteroatoms. The Balaban J connectivity index is 2.43. The second kappa shape index (κ2) is 2.49. The van der Waals surface area contributed by atoms with Crippen LogP contribution in [0.1, 0.15) is 24.1 Å². The van der Waals surface area contributed by atoms with Gasteiger partial charge in [0.1, 0.15) is 5.82 Å². The van der Waals surface area contributed by atoms with Gasteiger partial charge < -0.3 is 5.73 Å². The molecule has 0 radical (unpaired) electrons. The van der Waals surface area contributed by atoms with Gasteiger partial charge in [-0.25, -0.2) is 0 Å².